The van der Waals surface area contributed by atoms with Crippen LogP contribution >= 0.6 is 23.1 Å². The van der Waals surface area contributed by atoms with Crippen molar-refractivity contribution < 1.29 is 35.2 Å². The van der Waals surface area contributed by atoms with Gasteiger partial charge in [-0.15, -0.1) is 0 Å². The third-order valence-corrected chi connectivity index (χ3v) is 9.98. The van der Waals surface area contributed by atoms with Crippen LogP contribution in [0.2, 0.25) is 0 Å². The first-order chi connectivity index (χ1) is 18.5. The zero-order valence-corrected chi connectivity index (χ0v) is 24.8. The number of methoxy groups -OCH3 is 1. The molecule has 39 heavy (non-hydrogen) atoms. The number of benzene rings is 2. The molecule has 0 bridgehead atoms. The highest BCUT2D eigenvalue weighted by Gasteiger charge is 2.27. The Bertz CT molecular complexity index is 1630. The molecule has 1 aromatic heterocycles. The maximum atomic E-state index is 11.3. The molecule has 3 aromatic rings. The number of thioether (sulfide) groups is 1. The van der Waals surface area contributed by atoms with Gasteiger partial charge in [0.25, 0.3) is 15.1 Å². The minimum Gasteiger partial charge on any atom is -0.748 e. The molecule has 0 saturated heterocycles. The fourth-order valence-corrected chi connectivity index (χ4v) is 7.59. The lowest BCUT2D eigenvalue weighted by atomic mass is 10.2. The molecule has 0 spiro atoms. The molecule has 9 nitrogen and oxygen atoms in total. The maximum absolute atomic E-state index is 11.3. The van der Waals surface area contributed by atoms with Gasteiger partial charge in [0.2, 0.25) is 5.52 Å². The predicted octanol–water partition coefficient (Wildman–Crippen LogP) is 4.66. The fraction of sp³-hybridized carbons (Fsp3) is 0.346. The summed E-state index contributed by atoms with van der Waals surface area (Å²) in [4.78, 5) is 3.05. The van der Waals surface area contributed by atoms with Crippen molar-refractivity contribution in [3.63, 3.8) is 0 Å². The Hall–Kier alpha value is -2.42. The van der Waals surface area contributed by atoms with E-state index in [-0.39, 0.29) is 18.6 Å². The van der Waals surface area contributed by atoms with E-state index in [1.165, 1.54) is 0 Å². The molecule has 2 aromatic carbocycles. The van der Waals surface area contributed by atoms with E-state index in [0.717, 1.165) is 36.4 Å². The summed E-state index contributed by atoms with van der Waals surface area (Å²) in [7, 11) is -6.78. The number of anilines is 1. The molecule has 0 atom stereocenters. The van der Waals surface area contributed by atoms with Gasteiger partial charge in [0.1, 0.15) is 10.4 Å². The van der Waals surface area contributed by atoms with E-state index >= 15 is 0 Å². The number of rotatable bonds is 12. The lowest BCUT2D eigenvalue weighted by Gasteiger charge is -2.21. The summed E-state index contributed by atoms with van der Waals surface area (Å²) in [6.07, 6.45) is 5.32. The minimum absolute atomic E-state index is 0.217. The van der Waals surface area contributed by atoms with Gasteiger partial charge in [-0.1, -0.05) is 42.2 Å². The highest BCUT2D eigenvalue weighted by Crippen LogP contribution is 2.48. The molecule has 13 heteroatoms. The van der Waals surface area contributed by atoms with E-state index in [9.17, 15) is 25.9 Å². The zero-order chi connectivity index (χ0) is 28.2. The Kier molecular flexibility index (Phi) is 9.40. The highest BCUT2D eigenvalue weighted by molar-refractivity contribution is 8.03. The third-order valence-electron chi connectivity index (χ3n) is 6.16. The maximum Gasteiger partial charge on any atom is 0.264 e. The van der Waals surface area contributed by atoms with Crippen LogP contribution in [0.25, 0.3) is 16.3 Å². The van der Waals surface area contributed by atoms with Crippen LogP contribution in [-0.2, 0) is 26.8 Å². The summed E-state index contributed by atoms with van der Waals surface area (Å²) >= 11 is 3.17. The van der Waals surface area contributed by atoms with E-state index in [1.807, 2.05) is 58.9 Å². The topological polar surface area (TPSA) is 128 Å². The van der Waals surface area contributed by atoms with E-state index in [2.05, 4.69) is 12.2 Å². The molecule has 4 rings (SSSR count). The summed E-state index contributed by atoms with van der Waals surface area (Å²) in [5.41, 5.74) is 2.91. The Morgan fingerprint density at radius 1 is 1.13 bits per heavy atom. The van der Waals surface area contributed by atoms with Crippen molar-refractivity contribution in [1.82, 2.24) is 0 Å². The van der Waals surface area contributed by atoms with Crippen LogP contribution in [0.4, 0.5) is 5.69 Å². The molecule has 1 aliphatic heterocycles. The van der Waals surface area contributed by atoms with Crippen molar-refractivity contribution in [2.45, 2.75) is 37.6 Å². The Morgan fingerprint density at radius 2 is 1.90 bits per heavy atom. The van der Waals surface area contributed by atoms with Crippen molar-refractivity contribution in [2.24, 2.45) is 0 Å². The number of ether oxygens (including phenoxy) is 1. The first-order valence-electron chi connectivity index (χ1n) is 12.3. The lowest BCUT2D eigenvalue weighted by Crippen LogP contribution is -2.36. The molecule has 0 saturated carbocycles. The van der Waals surface area contributed by atoms with E-state index in [0.29, 0.717) is 25.3 Å². The van der Waals surface area contributed by atoms with Gasteiger partial charge in [0.05, 0.1) is 33.7 Å². The molecule has 0 amide bonds. The monoisotopic (exact) mass is 610 g/mol. The first-order valence-corrected chi connectivity index (χ1v) is 17.1. The van der Waals surface area contributed by atoms with Gasteiger partial charge in [0.15, 0.2) is 6.54 Å². The largest absolute Gasteiger partial charge is 0.748 e. The number of nitrogens with zero attached hydrogens (tertiary/aromatic N) is 2. The average molecular weight is 611 g/mol. The van der Waals surface area contributed by atoms with E-state index in [1.54, 1.807) is 30.2 Å². The predicted molar refractivity (Wildman–Crippen MR) is 155 cm³/mol. The first kappa shape index (κ1) is 29.6. The second kappa shape index (κ2) is 12.4. The molecule has 2 heterocycles. The number of aromatic nitrogens is 1. The van der Waals surface area contributed by atoms with Gasteiger partial charge >= 0.3 is 0 Å². The van der Waals surface area contributed by atoms with Crippen molar-refractivity contribution in [3.05, 3.63) is 64.2 Å². The van der Waals surface area contributed by atoms with Crippen LogP contribution in [0, 0.1) is 0 Å². The number of fused-ring (bicyclic) bond motifs is 2. The van der Waals surface area contributed by atoms with Crippen LogP contribution in [0.5, 0.6) is 5.75 Å². The normalized spacial score (nSPS) is 15.3. The van der Waals surface area contributed by atoms with Gasteiger partial charge < -0.3 is 14.2 Å². The van der Waals surface area contributed by atoms with E-state index in [4.69, 9.17) is 4.74 Å². The molecule has 0 aliphatic carbocycles. The van der Waals surface area contributed by atoms with Gasteiger partial charge in [-0.25, -0.2) is 8.42 Å². The summed E-state index contributed by atoms with van der Waals surface area (Å²) in [5, 5.41) is 1.86. The van der Waals surface area contributed by atoms with Gasteiger partial charge in [-0.3, -0.25) is 4.55 Å². The zero-order valence-electron chi connectivity index (χ0n) is 21.6. The second-order valence-electron chi connectivity index (χ2n) is 8.96. The Balaban J connectivity index is 1.69. The number of hydrogen-bond acceptors (Lipinski definition) is 9. The molecule has 0 radical (unpaired) electrons. The van der Waals surface area contributed by atoms with Crippen molar-refractivity contribution >= 4 is 65.3 Å². The number of thiazole rings is 1. The summed E-state index contributed by atoms with van der Waals surface area (Å²) in [6, 6.07) is 13.6. The second-order valence-corrected chi connectivity index (χ2v) is 14.2. The van der Waals surface area contributed by atoms with Gasteiger partial charge in [0, 0.05) is 41.8 Å². The number of hydrogen-bond donors (Lipinski definition) is 1. The smallest absolute Gasteiger partial charge is 0.264 e. The molecule has 1 N–H and O–H groups in total. The quantitative estimate of drug-likeness (QED) is 0.230. The third kappa shape index (κ3) is 7.83. The summed E-state index contributed by atoms with van der Waals surface area (Å²) in [5.74, 6) is -0.0690. The van der Waals surface area contributed by atoms with E-state index < -0.39 is 26.0 Å². The highest BCUT2D eigenvalue weighted by atomic mass is 32.2. The molecule has 0 fully saturated rings. The van der Waals surface area contributed by atoms with Crippen LogP contribution in [0.15, 0.2) is 64.0 Å². The minimum atomic E-state index is -4.30. The lowest BCUT2D eigenvalue weighted by molar-refractivity contribution is -0.668. The van der Waals surface area contributed by atoms with Crippen LogP contribution < -0.4 is 14.2 Å². The molecule has 210 valence electrons. The van der Waals surface area contributed by atoms with Crippen LogP contribution in [0.1, 0.15) is 31.2 Å². The Morgan fingerprint density at radius 3 is 2.59 bits per heavy atom. The average Bonchev–Trinajstić information content (AvgIpc) is 3.39. The molecular formula is C26H30N2O7S4. The van der Waals surface area contributed by atoms with Crippen LogP contribution in [-0.4, -0.2) is 51.1 Å². The van der Waals surface area contributed by atoms with Crippen molar-refractivity contribution in [1.29, 1.82) is 0 Å². The number of para-hydroxylation sites is 1. The fourth-order valence-electron chi connectivity index (χ4n) is 4.30. The summed E-state index contributed by atoms with van der Waals surface area (Å²) < 4.78 is 73.9. The van der Waals surface area contributed by atoms with Crippen molar-refractivity contribution in [2.75, 3.05) is 30.1 Å². The molecule has 0 unspecified atom stereocenters. The van der Waals surface area contributed by atoms with Crippen molar-refractivity contribution in [3.8, 4) is 5.75 Å². The summed E-state index contributed by atoms with van der Waals surface area (Å²) in [6.45, 7) is 2.83. The standard InChI is InChI=1S/C26H30N2O7S4/c1-3-19(16-25-27(12-6-14-38(29,30)31)21-8-4-5-9-23(21)36-25)17-26-28(13-7-15-39(32,33)34)22-18-20(35-2)10-11-24(22)37-26/h4-5,8-11,16-18H,3,6-7,12-15H2,1-2H3,(H-,29,30,31,32,33,34). The number of allylic oxidation sites excluding steroid dienone is 2. The molecular weight excluding hydrogens is 581 g/mol. The van der Waals surface area contributed by atoms with Crippen LogP contribution in [0.3, 0.4) is 0 Å². The number of aryl methyl sites for hydroxylation is 1. The van der Waals surface area contributed by atoms with Gasteiger partial charge in [-0.2, -0.15) is 13.0 Å². The SMILES string of the molecule is CCC(/C=C1\Sc2ccc(OC)cc2N1CCCS(=O)(=O)O)=C\c1sc2ccccc2[n+]1CCCS(=O)(=O)[O-]. The molecule has 1 aliphatic rings. The van der Waals surface area contributed by atoms with Gasteiger partial charge in [-0.05, 0) is 42.7 Å². The Labute approximate surface area is 237 Å².